The molecule has 0 heterocycles. The number of fused-ring (bicyclic) bond motifs is 1. The average molecular weight is 348 g/mol. The Bertz CT molecular complexity index is 920. The molecule has 0 aliphatic rings. The first-order valence-electron chi connectivity index (χ1n) is 8.45. The van der Waals surface area contributed by atoms with Gasteiger partial charge in [0, 0.05) is 17.8 Å². The molecule has 3 rings (SSSR count). The van der Waals surface area contributed by atoms with E-state index >= 15 is 0 Å². The van der Waals surface area contributed by atoms with Crippen LogP contribution in [0.3, 0.4) is 0 Å². The number of benzene rings is 3. The second-order valence-corrected chi connectivity index (χ2v) is 5.82. The SMILES string of the molecule is CCC(=O)Nc1ccc(NC(=O)COc2ccc3ccccc3c2)cc1. The lowest BCUT2D eigenvalue weighted by Gasteiger charge is -2.09. The number of rotatable bonds is 6. The molecule has 0 aliphatic heterocycles. The van der Waals surface area contributed by atoms with Gasteiger partial charge in [0.05, 0.1) is 0 Å². The van der Waals surface area contributed by atoms with E-state index in [1.807, 2.05) is 42.5 Å². The summed E-state index contributed by atoms with van der Waals surface area (Å²) in [4.78, 5) is 23.4. The molecule has 132 valence electrons. The summed E-state index contributed by atoms with van der Waals surface area (Å²) in [6, 6.07) is 20.7. The minimum absolute atomic E-state index is 0.0504. The van der Waals surface area contributed by atoms with Crippen LogP contribution >= 0.6 is 0 Å². The van der Waals surface area contributed by atoms with Crippen molar-refractivity contribution in [3.8, 4) is 5.75 Å². The summed E-state index contributed by atoms with van der Waals surface area (Å²) in [5.74, 6) is 0.352. The van der Waals surface area contributed by atoms with Crippen LogP contribution in [-0.2, 0) is 9.59 Å². The maximum Gasteiger partial charge on any atom is 0.262 e. The van der Waals surface area contributed by atoms with E-state index < -0.39 is 0 Å². The number of hydrogen-bond donors (Lipinski definition) is 2. The fraction of sp³-hybridized carbons (Fsp3) is 0.143. The Morgan fingerprint density at radius 1 is 0.808 bits per heavy atom. The normalized spacial score (nSPS) is 10.3. The zero-order chi connectivity index (χ0) is 18.4. The molecular weight excluding hydrogens is 328 g/mol. The van der Waals surface area contributed by atoms with Crippen molar-refractivity contribution in [1.82, 2.24) is 0 Å². The van der Waals surface area contributed by atoms with E-state index in [1.54, 1.807) is 31.2 Å². The number of ether oxygens (including phenoxy) is 1. The molecular formula is C21H20N2O3. The average Bonchev–Trinajstić information content (AvgIpc) is 2.67. The number of carbonyl (C=O) groups excluding carboxylic acids is 2. The highest BCUT2D eigenvalue weighted by Crippen LogP contribution is 2.20. The first-order chi connectivity index (χ1) is 12.6. The van der Waals surface area contributed by atoms with Gasteiger partial charge < -0.3 is 15.4 Å². The van der Waals surface area contributed by atoms with Gasteiger partial charge in [-0.3, -0.25) is 9.59 Å². The first kappa shape index (κ1) is 17.5. The molecule has 0 aromatic heterocycles. The van der Waals surface area contributed by atoms with Gasteiger partial charge in [-0.15, -0.1) is 0 Å². The van der Waals surface area contributed by atoms with E-state index in [4.69, 9.17) is 4.74 Å². The van der Waals surface area contributed by atoms with Gasteiger partial charge in [-0.05, 0) is 47.2 Å². The van der Waals surface area contributed by atoms with Gasteiger partial charge in [-0.25, -0.2) is 0 Å². The Labute approximate surface area is 152 Å². The lowest BCUT2D eigenvalue weighted by molar-refractivity contribution is -0.118. The van der Waals surface area contributed by atoms with Gasteiger partial charge in [-0.2, -0.15) is 0 Å². The van der Waals surface area contributed by atoms with Crippen LogP contribution in [0.1, 0.15) is 13.3 Å². The smallest absolute Gasteiger partial charge is 0.262 e. The van der Waals surface area contributed by atoms with Crippen molar-refractivity contribution in [2.45, 2.75) is 13.3 Å². The van der Waals surface area contributed by atoms with Gasteiger partial charge in [0.2, 0.25) is 5.91 Å². The van der Waals surface area contributed by atoms with Crippen molar-refractivity contribution in [3.05, 3.63) is 66.7 Å². The third-order valence-electron chi connectivity index (χ3n) is 3.86. The van der Waals surface area contributed by atoms with Crippen molar-refractivity contribution in [1.29, 1.82) is 0 Å². The summed E-state index contributed by atoms with van der Waals surface area (Å²) in [6.45, 7) is 1.71. The van der Waals surface area contributed by atoms with Crippen molar-refractivity contribution in [2.24, 2.45) is 0 Å². The fourth-order valence-electron chi connectivity index (χ4n) is 2.49. The Balaban J connectivity index is 1.54. The van der Waals surface area contributed by atoms with Crippen molar-refractivity contribution >= 4 is 34.0 Å². The second kappa shape index (κ2) is 8.16. The highest BCUT2D eigenvalue weighted by atomic mass is 16.5. The zero-order valence-corrected chi connectivity index (χ0v) is 14.5. The molecule has 26 heavy (non-hydrogen) atoms. The first-order valence-corrected chi connectivity index (χ1v) is 8.45. The molecule has 0 saturated heterocycles. The van der Waals surface area contributed by atoms with Crippen molar-refractivity contribution in [3.63, 3.8) is 0 Å². The number of nitrogens with one attached hydrogen (secondary N) is 2. The standard InChI is InChI=1S/C21H20N2O3/c1-2-20(24)22-17-8-10-18(11-9-17)23-21(25)14-26-19-12-7-15-5-3-4-6-16(15)13-19/h3-13H,2,14H2,1H3,(H,22,24)(H,23,25). The van der Waals surface area contributed by atoms with Gasteiger partial charge in [0.1, 0.15) is 5.75 Å². The minimum Gasteiger partial charge on any atom is -0.484 e. The Morgan fingerprint density at radius 2 is 1.42 bits per heavy atom. The van der Waals surface area contributed by atoms with E-state index in [1.165, 1.54) is 0 Å². The van der Waals surface area contributed by atoms with Gasteiger partial charge in [0.15, 0.2) is 6.61 Å². The van der Waals surface area contributed by atoms with Crippen LogP contribution in [0.5, 0.6) is 5.75 Å². The summed E-state index contributed by atoms with van der Waals surface area (Å²) >= 11 is 0. The maximum atomic E-state index is 12.1. The quantitative estimate of drug-likeness (QED) is 0.701. The molecule has 0 aliphatic carbocycles. The summed E-state index contributed by atoms with van der Waals surface area (Å²) in [6.07, 6.45) is 0.421. The number of amides is 2. The molecule has 2 amide bonds. The highest BCUT2D eigenvalue weighted by molar-refractivity contribution is 5.93. The topological polar surface area (TPSA) is 67.4 Å². The molecule has 2 N–H and O–H groups in total. The van der Waals surface area contributed by atoms with Crippen molar-refractivity contribution < 1.29 is 14.3 Å². The van der Waals surface area contributed by atoms with Crippen LogP contribution in [0.4, 0.5) is 11.4 Å². The number of carbonyl (C=O) groups is 2. The maximum absolute atomic E-state index is 12.1. The second-order valence-electron chi connectivity index (χ2n) is 5.82. The number of hydrogen-bond acceptors (Lipinski definition) is 3. The predicted octanol–water partition coefficient (Wildman–Crippen LogP) is 4.21. The van der Waals surface area contributed by atoms with Gasteiger partial charge in [0.25, 0.3) is 5.91 Å². The van der Waals surface area contributed by atoms with E-state index in [-0.39, 0.29) is 18.4 Å². The Morgan fingerprint density at radius 3 is 2.08 bits per heavy atom. The largest absolute Gasteiger partial charge is 0.484 e. The molecule has 0 radical (unpaired) electrons. The summed E-state index contributed by atoms with van der Waals surface area (Å²) in [5.41, 5.74) is 1.34. The lowest BCUT2D eigenvalue weighted by atomic mass is 10.1. The molecule has 5 heteroatoms. The van der Waals surface area contributed by atoms with Crippen LogP contribution in [0.2, 0.25) is 0 Å². The molecule has 0 fully saturated rings. The predicted molar refractivity (Wildman–Crippen MR) is 103 cm³/mol. The van der Waals surface area contributed by atoms with Gasteiger partial charge in [-0.1, -0.05) is 37.3 Å². The van der Waals surface area contributed by atoms with Crippen molar-refractivity contribution in [2.75, 3.05) is 17.2 Å². The van der Waals surface area contributed by atoms with Crippen LogP contribution in [0.15, 0.2) is 66.7 Å². The zero-order valence-electron chi connectivity index (χ0n) is 14.5. The summed E-state index contributed by atoms with van der Waals surface area (Å²) in [5, 5.41) is 7.71. The van der Waals surface area contributed by atoms with Crippen LogP contribution in [0, 0.1) is 0 Å². The molecule has 0 unspecified atom stereocenters. The molecule has 5 nitrogen and oxygen atoms in total. The highest BCUT2D eigenvalue weighted by Gasteiger charge is 2.05. The third kappa shape index (κ3) is 4.60. The molecule has 0 spiro atoms. The third-order valence-corrected chi connectivity index (χ3v) is 3.86. The molecule has 3 aromatic rings. The summed E-state index contributed by atoms with van der Waals surface area (Å²) in [7, 11) is 0. The Kier molecular flexibility index (Phi) is 5.49. The van der Waals surface area contributed by atoms with Crippen LogP contribution in [0.25, 0.3) is 10.8 Å². The summed E-state index contributed by atoms with van der Waals surface area (Å²) < 4.78 is 5.57. The number of anilines is 2. The molecule has 0 atom stereocenters. The molecule has 3 aromatic carbocycles. The van der Waals surface area contributed by atoms with E-state index in [0.29, 0.717) is 23.5 Å². The minimum atomic E-state index is -0.247. The monoisotopic (exact) mass is 348 g/mol. The van der Waals surface area contributed by atoms with Crippen LogP contribution in [-0.4, -0.2) is 18.4 Å². The molecule has 0 saturated carbocycles. The van der Waals surface area contributed by atoms with E-state index in [2.05, 4.69) is 10.6 Å². The molecule has 0 bridgehead atoms. The van der Waals surface area contributed by atoms with Gasteiger partial charge >= 0.3 is 0 Å². The lowest BCUT2D eigenvalue weighted by Crippen LogP contribution is -2.20. The van der Waals surface area contributed by atoms with Crippen LogP contribution < -0.4 is 15.4 Å². The Hall–Kier alpha value is -3.34. The van der Waals surface area contributed by atoms with E-state index in [9.17, 15) is 9.59 Å². The van der Waals surface area contributed by atoms with E-state index in [0.717, 1.165) is 10.8 Å². The fourth-order valence-corrected chi connectivity index (χ4v) is 2.49.